The molecule has 3 rings (SSSR count). The SMILES string of the molecule is COCCn1cc(C(=O)N2CCC[C@H]2c2ccc(F)cc2)ccc1=O. The molecule has 2 heterocycles. The molecule has 1 saturated heterocycles. The fourth-order valence-electron chi connectivity index (χ4n) is 3.23. The van der Waals surface area contributed by atoms with Crippen LogP contribution in [-0.2, 0) is 11.3 Å². The molecule has 1 aromatic heterocycles. The summed E-state index contributed by atoms with van der Waals surface area (Å²) in [6.45, 7) is 1.45. The van der Waals surface area contributed by atoms with Crippen LogP contribution in [0.2, 0.25) is 0 Å². The van der Waals surface area contributed by atoms with Crippen LogP contribution < -0.4 is 5.56 Å². The number of carbonyl (C=O) groups excluding carboxylic acids is 1. The van der Waals surface area contributed by atoms with Gasteiger partial charge in [-0.15, -0.1) is 0 Å². The number of methoxy groups -OCH3 is 1. The minimum atomic E-state index is -0.287. The van der Waals surface area contributed by atoms with Crippen molar-refractivity contribution in [3.05, 3.63) is 69.9 Å². The number of likely N-dealkylation sites (tertiary alicyclic amines) is 1. The third-order valence-electron chi connectivity index (χ3n) is 4.54. The number of hydrogen-bond acceptors (Lipinski definition) is 3. The normalized spacial score (nSPS) is 17.0. The van der Waals surface area contributed by atoms with Gasteiger partial charge in [0, 0.05) is 32.5 Å². The first-order valence-electron chi connectivity index (χ1n) is 8.36. The summed E-state index contributed by atoms with van der Waals surface area (Å²) in [5, 5.41) is 0. The van der Waals surface area contributed by atoms with Crippen LogP contribution in [0.5, 0.6) is 0 Å². The van der Waals surface area contributed by atoms with Crippen LogP contribution >= 0.6 is 0 Å². The first-order valence-corrected chi connectivity index (χ1v) is 8.36. The fourth-order valence-corrected chi connectivity index (χ4v) is 3.23. The lowest BCUT2D eigenvalue weighted by atomic mass is 10.0. The predicted octanol–water partition coefficient (Wildman–Crippen LogP) is 2.61. The Morgan fingerprint density at radius 3 is 2.72 bits per heavy atom. The van der Waals surface area contributed by atoms with Crippen LogP contribution in [0.15, 0.2) is 47.4 Å². The number of nitrogens with zero attached hydrogens (tertiary/aromatic N) is 2. The molecule has 0 bridgehead atoms. The van der Waals surface area contributed by atoms with Gasteiger partial charge in [-0.3, -0.25) is 9.59 Å². The highest BCUT2D eigenvalue weighted by molar-refractivity contribution is 5.94. The minimum absolute atomic E-state index is 0.0625. The number of pyridine rings is 1. The van der Waals surface area contributed by atoms with Gasteiger partial charge in [0.05, 0.1) is 18.2 Å². The van der Waals surface area contributed by atoms with Crippen molar-refractivity contribution in [3.8, 4) is 0 Å². The molecular weight excluding hydrogens is 323 g/mol. The van der Waals surface area contributed by atoms with E-state index in [2.05, 4.69) is 0 Å². The van der Waals surface area contributed by atoms with Gasteiger partial charge in [0.15, 0.2) is 0 Å². The van der Waals surface area contributed by atoms with E-state index in [9.17, 15) is 14.0 Å². The Bertz CT molecular complexity index is 801. The van der Waals surface area contributed by atoms with Crippen molar-refractivity contribution in [1.29, 1.82) is 0 Å². The van der Waals surface area contributed by atoms with Crippen LogP contribution in [0, 0.1) is 5.82 Å². The van der Waals surface area contributed by atoms with E-state index in [0.29, 0.717) is 25.3 Å². The van der Waals surface area contributed by atoms with Gasteiger partial charge in [-0.05, 0) is 36.6 Å². The number of aromatic nitrogens is 1. The highest BCUT2D eigenvalue weighted by Crippen LogP contribution is 2.33. The highest BCUT2D eigenvalue weighted by Gasteiger charge is 2.30. The molecule has 0 saturated carbocycles. The molecule has 1 aliphatic heterocycles. The lowest BCUT2D eigenvalue weighted by Crippen LogP contribution is -2.32. The summed E-state index contributed by atoms with van der Waals surface area (Å²) >= 11 is 0. The summed E-state index contributed by atoms with van der Waals surface area (Å²) in [4.78, 5) is 26.6. The second-order valence-electron chi connectivity index (χ2n) is 6.15. The second kappa shape index (κ2) is 7.61. The molecule has 25 heavy (non-hydrogen) atoms. The van der Waals surface area contributed by atoms with Crippen LogP contribution in [0.4, 0.5) is 4.39 Å². The first kappa shape index (κ1) is 17.4. The fraction of sp³-hybridized carbons (Fsp3) is 0.368. The van der Waals surface area contributed by atoms with Gasteiger partial charge in [-0.2, -0.15) is 0 Å². The van der Waals surface area contributed by atoms with E-state index in [4.69, 9.17) is 4.74 Å². The predicted molar refractivity (Wildman–Crippen MR) is 92.0 cm³/mol. The standard InChI is InChI=1S/C19H21FN2O3/c1-25-12-11-21-13-15(6-9-18(21)23)19(24)22-10-2-3-17(22)14-4-7-16(20)8-5-14/h4-9,13,17H,2-3,10-12H2,1H3/t17-/m0/s1. The number of amides is 1. The highest BCUT2D eigenvalue weighted by atomic mass is 19.1. The Balaban J connectivity index is 1.84. The van der Waals surface area contributed by atoms with Crippen LogP contribution in [0.3, 0.4) is 0 Å². The van der Waals surface area contributed by atoms with Crippen molar-refractivity contribution in [2.24, 2.45) is 0 Å². The van der Waals surface area contributed by atoms with Crippen molar-refractivity contribution < 1.29 is 13.9 Å². The van der Waals surface area contributed by atoms with Crippen molar-refractivity contribution in [3.63, 3.8) is 0 Å². The lowest BCUT2D eigenvalue weighted by molar-refractivity contribution is 0.0734. The van der Waals surface area contributed by atoms with Gasteiger partial charge >= 0.3 is 0 Å². The minimum Gasteiger partial charge on any atom is -0.383 e. The molecule has 1 aliphatic rings. The van der Waals surface area contributed by atoms with E-state index in [1.54, 1.807) is 36.4 Å². The molecule has 1 fully saturated rings. The smallest absolute Gasteiger partial charge is 0.255 e. The zero-order valence-electron chi connectivity index (χ0n) is 14.2. The summed E-state index contributed by atoms with van der Waals surface area (Å²) < 4.78 is 19.6. The van der Waals surface area contributed by atoms with Gasteiger partial charge < -0.3 is 14.2 Å². The molecule has 0 spiro atoms. The molecule has 0 unspecified atom stereocenters. The van der Waals surface area contributed by atoms with E-state index in [1.165, 1.54) is 22.8 Å². The van der Waals surface area contributed by atoms with E-state index < -0.39 is 0 Å². The summed E-state index contributed by atoms with van der Waals surface area (Å²) in [6.07, 6.45) is 3.33. The van der Waals surface area contributed by atoms with Gasteiger partial charge in [-0.25, -0.2) is 4.39 Å². The number of benzene rings is 1. The molecule has 6 heteroatoms. The molecular formula is C19H21FN2O3. The molecule has 0 aliphatic carbocycles. The zero-order chi connectivity index (χ0) is 17.8. The average Bonchev–Trinajstić information content (AvgIpc) is 3.11. The molecule has 1 aromatic carbocycles. The zero-order valence-corrected chi connectivity index (χ0v) is 14.2. The van der Waals surface area contributed by atoms with Gasteiger partial charge in [0.1, 0.15) is 5.82 Å². The summed E-state index contributed by atoms with van der Waals surface area (Å²) in [7, 11) is 1.57. The maximum absolute atomic E-state index is 13.2. The lowest BCUT2D eigenvalue weighted by Gasteiger charge is -2.25. The third kappa shape index (κ3) is 3.79. The average molecular weight is 344 g/mol. The van der Waals surface area contributed by atoms with E-state index in [0.717, 1.165) is 18.4 Å². The van der Waals surface area contributed by atoms with Crippen LogP contribution in [0.1, 0.15) is 34.8 Å². The second-order valence-corrected chi connectivity index (χ2v) is 6.15. The number of halogens is 1. The first-order chi connectivity index (χ1) is 12.1. The number of hydrogen-bond donors (Lipinski definition) is 0. The van der Waals surface area contributed by atoms with E-state index in [1.807, 2.05) is 0 Å². The monoisotopic (exact) mass is 344 g/mol. The summed E-state index contributed by atoms with van der Waals surface area (Å²) in [5.41, 5.74) is 1.25. The van der Waals surface area contributed by atoms with Crippen LogP contribution in [0.25, 0.3) is 0 Å². The maximum atomic E-state index is 13.2. The third-order valence-corrected chi connectivity index (χ3v) is 4.54. The Morgan fingerprint density at radius 1 is 1.24 bits per heavy atom. The van der Waals surface area contributed by atoms with E-state index >= 15 is 0 Å². The Hall–Kier alpha value is -2.47. The molecule has 1 amide bonds. The van der Waals surface area contributed by atoms with Crippen molar-refractivity contribution in [2.45, 2.75) is 25.4 Å². The Morgan fingerprint density at radius 2 is 2.00 bits per heavy atom. The maximum Gasteiger partial charge on any atom is 0.255 e. The van der Waals surface area contributed by atoms with Gasteiger partial charge in [-0.1, -0.05) is 12.1 Å². The largest absolute Gasteiger partial charge is 0.383 e. The van der Waals surface area contributed by atoms with E-state index in [-0.39, 0.29) is 23.3 Å². The topological polar surface area (TPSA) is 51.5 Å². The molecule has 0 N–H and O–H groups in total. The number of rotatable bonds is 5. The van der Waals surface area contributed by atoms with Crippen LogP contribution in [-0.4, -0.2) is 35.6 Å². The molecule has 1 atom stereocenters. The Kier molecular flexibility index (Phi) is 5.28. The van der Waals surface area contributed by atoms with Crippen molar-refractivity contribution in [2.75, 3.05) is 20.3 Å². The Labute approximate surface area is 145 Å². The number of ether oxygens (including phenoxy) is 1. The summed E-state index contributed by atoms with van der Waals surface area (Å²) in [5.74, 6) is -0.400. The molecule has 2 aromatic rings. The van der Waals surface area contributed by atoms with Crippen molar-refractivity contribution >= 4 is 5.91 Å². The molecule has 132 valence electrons. The molecule has 5 nitrogen and oxygen atoms in total. The van der Waals surface area contributed by atoms with Gasteiger partial charge in [0.2, 0.25) is 0 Å². The quantitative estimate of drug-likeness (QED) is 0.838. The molecule has 0 radical (unpaired) electrons. The summed E-state index contributed by atoms with van der Waals surface area (Å²) in [6, 6.07) is 9.20. The van der Waals surface area contributed by atoms with Crippen molar-refractivity contribution in [1.82, 2.24) is 9.47 Å². The van der Waals surface area contributed by atoms with Gasteiger partial charge in [0.25, 0.3) is 11.5 Å². The number of carbonyl (C=O) groups is 1.